The molecular formula is C14H17N3O. The quantitative estimate of drug-likeness (QED) is 0.869. The Morgan fingerprint density at radius 1 is 1.56 bits per heavy atom. The predicted molar refractivity (Wildman–Crippen MR) is 69.1 cm³/mol. The largest absolute Gasteiger partial charge is 0.333 e. The third-order valence-electron chi connectivity index (χ3n) is 3.16. The Balaban J connectivity index is 2.18. The van der Waals surface area contributed by atoms with Crippen LogP contribution in [0.4, 0.5) is 0 Å². The van der Waals surface area contributed by atoms with Crippen LogP contribution < -0.4 is 5.32 Å². The van der Waals surface area contributed by atoms with Crippen molar-refractivity contribution < 1.29 is 4.79 Å². The van der Waals surface area contributed by atoms with E-state index in [2.05, 4.69) is 18.3 Å². The van der Waals surface area contributed by atoms with Gasteiger partial charge >= 0.3 is 0 Å². The summed E-state index contributed by atoms with van der Waals surface area (Å²) < 4.78 is 0. The fraction of sp³-hybridized carbons (Fsp3) is 0.429. The third-order valence-corrected chi connectivity index (χ3v) is 3.16. The van der Waals surface area contributed by atoms with Crippen molar-refractivity contribution in [1.82, 2.24) is 10.2 Å². The van der Waals surface area contributed by atoms with Crippen LogP contribution in [0, 0.1) is 11.3 Å². The van der Waals surface area contributed by atoms with Crippen LogP contribution in [0.25, 0.3) is 0 Å². The lowest BCUT2D eigenvalue weighted by Gasteiger charge is -2.38. The van der Waals surface area contributed by atoms with Gasteiger partial charge in [-0.05, 0) is 24.6 Å². The molecule has 1 fully saturated rings. The van der Waals surface area contributed by atoms with E-state index in [0.717, 1.165) is 26.1 Å². The zero-order valence-corrected chi connectivity index (χ0v) is 10.5. The molecule has 1 amide bonds. The molecule has 0 aromatic heterocycles. The summed E-state index contributed by atoms with van der Waals surface area (Å²) in [5.74, 6) is 0.0282. The van der Waals surface area contributed by atoms with E-state index < -0.39 is 0 Å². The Morgan fingerprint density at radius 3 is 2.89 bits per heavy atom. The maximum absolute atomic E-state index is 12.4. The van der Waals surface area contributed by atoms with Gasteiger partial charge in [0.05, 0.1) is 17.7 Å². The number of nitrogens with one attached hydrogen (secondary N) is 1. The topological polar surface area (TPSA) is 56.1 Å². The van der Waals surface area contributed by atoms with Crippen molar-refractivity contribution in [3.05, 3.63) is 35.4 Å². The second-order valence-corrected chi connectivity index (χ2v) is 4.50. The van der Waals surface area contributed by atoms with E-state index in [0.29, 0.717) is 17.2 Å². The molecule has 1 aliphatic rings. The van der Waals surface area contributed by atoms with E-state index in [1.54, 1.807) is 24.3 Å². The Hall–Kier alpha value is -1.86. The Kier molecular flexibility index (Phi) is 3.96. The number of carbonyl (C=O) groups is 1. The van der Waals surface area contributed by atoms with Gasteiger partial charge in [0.1, 0.15) is 0 Å². The van der Waals surface area contributed by atoms with Crippen LogP contribution in [-0.2, 0) is 0 Å². The third kappa shape index (κ3) is 2.52. The molecule has 0 bridgehead atoms. The molecule has 94 valence electrons. The Labute approximate surface area is 107 Å². The molecule has 1 heterocycles. The van der Waals surface area contributed by atoms with E-state index in [1.165, 1.54) is 0 Å². The Bertz CT molecular complexity index is 474. The normalized spacial score (nSPS) is 14.7. The van der Waals surface area contributed by atoms with Gasteiger partial charge < -0.3 is 10.2 Å². The highest BCUT2D eigenvalue weighted by Crippen LogP contribution is 2.13. The number of hydrogen-bond acceptors (Lipinski definition) is 3. The van der Waals surface area contributed by atoms with Crippen molar-refractivity contribution >= 4 is 5.91 Å². The van der Waals surface area contributed by atoms with Crippen molar-refractivity contribution in [2.75, 3.05) is 19.6 Å². The SMILES string of the molecule is CCCN(C(=O)c1cccc(C#N)c1)C1CNC1. The highest BCUT2D eigenvalue weighted by atomic mass is 16.2. The first kappa shape index (κ1) is 12.6. The van der Waals surface area contributed by atoms with Crippen LogP contribution in [-0.4, -0.2) is 36.5 Å². The van der Waals surface area contributed by atoms with E-state index in [-0.39, 0.29) is 5.91 Å². The smallest absolute Gasteiger partial charge is 0.254 e. The van der Waals surface area contributed by atoms with Gasteiger partial charge in [-0.25, -0.2) is 0 Å². The van der Waals surface area contributed by atoms with Gasteiger partial charge in [-0.3, -0.25) is 4.79 Å². The van der Waals surface area contributed by atoms with Crippen molar-refractivity contribution in [2.45, 2.75) is 19.4 Å². The fourth-order valence-corrected chi connectivity index (χ4v) is 2.07. The summed E-state index contributed by atoms with van der Waals surface area (Å²) in [4.78, 5) is 14.3. The number of nitrogens with zero attached hydrogens (tertiary/aromatic N) is 2. The van der Waals surface area contributed by atoms with E-state index in [4.69, 9.17) is 5.26 Å². The molecule has 2 rings (SSSR count). The number of rotatable bonds is 4. The Morgan fingerprint density at radius 2 is 2.33 bits per heavy atom. The van der Waals surface area contributed by atoms with Crippen LogP contribution in [0.15, 0.2) is 24.3 Å². The van der Waals surface area contributed by atoms with Gasteiger partial charge in [0.2, 0.25) is 0 Å². The maximum atomic E-state index is 12.4. The zero-order valence-electron chi connectivity index (χ0n) is 10.5. The summed E-state index contributed by atoms with van der Waals surface area (Å²) in [6.45, 7) is 4.56. The van der Waals surface area contributed by atoms with Gasteiger partial charge in [-0.1, -0.05) is 13.0 Å². The highest BCUT2D eigenvalue weighted by Gasteiger charge is 2.28. The lowest BCUT2D eigenvalue weighted by Crippen LogP contribution is -2.59. The monoisotopic (exact) mass is 243 g/mol. The molecule has 18 heavy (non-hydrogen) atoms. The van der Waals surface area contributed by atoms with E-state index in [1.807, 2.05) is 4.90 Å². The second kappa shape index (κ2) is 5.65. The van der Waals surface area contributed by atoms with Gasteiger partial charge in [0.25, 0.3) is 5.91 Å². The first-order valence-corrected chi connectivity index (χ1v) is 6.28. The molecular weight excluding hydrogens is 226 g/mol. The summed E-state index contributed by atoms with van der Waals surface area (Å²) in [5, 5.41) is 12.1. The molecule has 0 atom stereocenters. The molecule has 1 N–H and O–H groups in total. The van der Waals surface area contributed by atoms with E-state index >= 15 is 0 Å². The van der Waals surface area contributed by atoms with Gasteiger partial charge in [0.15, 0.2) is 0 Å². The van der Waals surface area contributed by atoms with Crippen LogP contribution in [0.5, 0.6) is 0 Å². The molecule has 0 saturated carbocycles. The molecule has 0 spiro atoms. The second-order valence-electron chi connectivity index (χ2n) is 4.50. The number of carbonyl (C=O) groups excluding carboxylic acids is 1. The standard InChI is InChI=1S/C14H17N3O/c1-2-6-17(13-9-16-10-13)14(18)12-5-3-4-11(7-12)8-15/h3-5,7,13,16H,2,6,9-10H2,1H3. The van der Waals surface area contributed by atoms with Crippen molar-refractivity contribution in [3.8, 4) is 6.07 Å². The number of amides is 1. The van der Waals surface area contributed by atoms with Crippen molar-refractivity contribution in [1.29, 1.82) is 5.26 Å². The summed E-state index contributed by atoms with van der Waals surface area (Å²) in [5.41, 5.74) is 1.14. The number of benzene rings is 1. The molecule has 0 aliphatic carbocycles. The summed E-state index contributed by atoms with van der Waals surface area (Å²) >= 11 is 0. The summed E-state index contributed by atoms with van der Waals surface area (Å²) in [6.07, 6.45) is 0.945. The lowest BCUT2D eigenvalue weighted by atomic mass is 10.1. The molecule has 1 aromatic carbocycles. The van der Waals surface area contributed by atoms with Crippen molar-refractivity contribution in [2.24, 2.45) is 0 Å². The molecule has 0 radical (unpaired) electrons. The molecule has 4 heteroatoms. The molecule has 4 nitrogen and oxygen atoms in total. The van der Waals surface area contributed by atoms with Gasteiger partial charge in [-0.2, -0.15) is 5.26 Å². The molecule has 1 aromatic rings. The summed E-state index contributed by atoms with van der Waals surface area (Å²) in [7, 11) is 0. The zero-order chi connectivity index (χ0) is 13.0. The van der Waals surface area contributed by atoms with Gasteiger partial charge in [-0.15, -0.1) is 0 Å². The molecule has 1 aliphatic heterocycles. The predicted octanol–water partition coefficient (Wildman–Crippen LogP) is 1.38. The van der Waals surface area contributed by atoms with E-state index in [9.17, 15) is 4.79 Å². The first-order valence-electron chi connectivity index (χ1n) is 6.28. The van der Waals surface area contributed by atoms with Crippen molar-refractivity contribution in [3.63, 3.8) is 0 Å². The average Bonchev–Trinajstić information content (AvgIpc) is 2.35. The van der Waals surface area contributed by atoms with Crippen LogP contribution in [0.2, 0.25) is 0 Å². The first-order chi connectivity index (χ1) is 8.76. The lowest BCUT2D eigenvalue weighted by molar-refractivity contribution is 0.0616. The highest BCUT2D eigenvalue weighted by molar-refractivity contribution is 5.94. The molecule has 0 unspecified atom stereocenters. The molecule has 1 saturated heterocycles. The minimum atomic E-state index is 0.0282. The van der Waals surface area contributed by atoms with Crippen LogP contribution in [0.1, 0.15) is 29.3 Å². The minimum Gasteiger partial charge on any atom is -0.333 e. The average molecular weight is 243 g/mol. The van der Waals surface area contributed by atoms with Crippen LogP contribution >= 0.6 is 0 Å². The van der Waals surface area contributed by atoms with Gasteiger partial charge in [0, 0.05) is 25.2 Å². The number of hydrogen-bond donors (Lipinski definition) is 1. The maximum Gasteiger partial charge on any atom is 0.254 e. The summed E-state index contributed by atoms with van der Waals surface area (Å²) in [6, 6.07) is 9.27. The fourth-order valence-electron chi connectivity index (χ4n) is 2.07. The number of nitriles is 1. The minimum absolute atomic E-state index is 0.0282. The van der Waals surface area contributed by atoms with Crippen LogP contribution in [0.3, 0.4) is 0 Å².